The summed E-state index contributed by atoms with van der Waals surface area (Å²) in [5.41, 5.74) is 2.06. The topological polar surface area (TPSA) is 50.2 Å². The monoisotopic (exact) mass is 444 g/mol. The number of halogens is 1. The van der Waals surface area contributed by atoms with Crippen LogP contribution >= 0.6 is 22.9 Å². The van der Waals surface area contributed by atoms with Crippen LogP contribution in [0.15, 0.2) is 47.8 Å². The molecule has 0 radical (unpaired) electrons. The Hall–Kier alpha value is -2.15. The van der Waals surface area contributed by atoms with Crippen LogP contribution < -0.4 is 5.32 Å². The Morgan fingerprint density at radius 2 is 2.03 bits per heavy atom. The summed E-state index contributed by atoms with van der Waals surface area (Å²) in [6, 6.07) is 13.3. The zero-order valence-electron chi connectivity index (χ0n) is 17.8. The number of carbonyl (C=O) groups excluding carboxylic acids is 1. The molecule has 2 aromatic heterocycles. The van der Waals surface area contributed by atoms with Gasteiger partial charge >= 0.3 is 0 Å². The molecule has 1 unspecified atom stereocenters. The number of carbonyl (C=O) groups is 1. The van der Waals surface area contributed by atoms with Crippen molar-refractivity contribution < 1.29 is 4.79 Å². The van der Waals surface area contributed by atoms with Gasteiger partial charge in [-0.1, -0.05) is 37.6 Å². The van der Waals surface area contributed by atoms with Gasteiger partial charge in [-0.05, 0) is 75.1 Å². The second kappa shape index (κ2) is 10.8. The molecule has 0 aliphatic carbocycles. The summed E-state index contributed by atoms with van der Waals surface area (Å²) in [5, 5.41) is 10.5. The first-order chi connectivity index (χ1) is 14.5. The highest BCUT2D eigenvalue weighted by Gasteiger charge is 2.19. The van der Waals surface area contributed by atoms with Crippen LogP contribution in [0.3, 0.4) is 0 Å². The number of nitrogens with zero attached hydrogens (tertiary/aromatic N) is 3. The van der Waals surface area contributed by atoms with Crippen molar-refractivity contribution in [2.24, 2.45) is 0 Å². The SMILES string of the molecule is CCN(CC)CCCC(C)NC(=O)c1cc(-c2cccs2)nn1-c1cccc(Cl)c1. The lowest BCUT2D eigenvalue weighted by molar-refractivity contribution is 0.0929. The van der Waals surface area contributed by atoms with Gasteiger partial charge in [-0.2, -0.15) is 5.10 Å². The molecule has 0 saturated carbocycles. The van der Waals surface area contributed by atoms with Crippen molar-refractivity contribution >= 4 is 28.8 Å². The van der Waals surface area contributed by atoms with Gasteiger partial charge in [0.25, 0.3) is 5.91 Å². The summed E-state index contributed by atoms with van der Waals surface area (Å²) >= 11 is 7.78. The smallest absolute Gasteiger partial charge is 0.270 e. The number of amides is 1. The molecule has 7 heteroatoms. The Labute approximate surface area is 187 Å². The lowest BCUT2D eigenvalue weighted by Gasteiger charge is -2.20. The zero-order valence-corrected chi connectivity index (χ0v) is 19.3. The van der Waals surface area contributed by atoms with Crippen molar-refractivity contribution in [3.05, 3.63) is 58.6 Å². The quantitative estimate of drug-likeness (QED) is 0.449. The first-order valence-electron chi connectivity index (χ1n) is 10.4. The molecule has 1 atom stereocenters. The molecule has 3 rings (SSSR count). The third kappa shape index (κ3) is 5.72. The number of aromatic nitrogens is 2. The van der Waals surface area contributed by atoms with Crippen molar-refractivity contribution in [3.63, 3.8) is 0 Å². The molecule has 0 saturated heterocycles. The van der Waals surface area contributed by atoms with Crippen LogP contribution in [0.4, 0.5) is 0 Å². The van der Waals surface area contributed by atoms with E-state index in [1.807, 2.05) is 47.8 Å². The van der Waals surface area contributed by atoms with E-state index < -0.39 is 0 Å². The number of hydrogen-bond donors (Lipinski definition) is 1. The predicted octanol–water partition coefficient (Wildman–Crippen LogP) is 5.49. The minimum Gasteiger partial charge on any atom is -0.348 e. The average Bonchev–Trinajstić information content (AvgIpc) is 3.41. The van der Waals surface area contributed by atoms with E-state index in [2.05, 4.69) is 31.0 Å². The van der Waals surface area contributed by atoms with Crippen molar-refractivity contribution in [2.45, 2.75) is 39.7 Å². The minimum atomic E-state index is -0.124. The lowest BCUT2D eigenvalue weighted by atomic mass is 10.1. The molecule has 0 fully saturated rings. The van der Waals surface area contributed by atoms with E-state index in [0.717, 1.165) is 48.7 Å². The summed E-state index contributed by atoms with van der Waals surface area (Å²) in [6.45, 7) is 9.58. The number of benzene rings is 1. The summed E-state index contributed by atoms with van der Waals surface area (Å²) in [4.78, 5) is 16.5. The summed E-state index contributed by atoms with van der Waals surface area (Å²) in [5.74, 6) is -0.124. The maximum Gasteiger partial charge on any atom is 0.270 e. The first-order valence-corrected chi connectivity index (χ1v) is 11.7. The molecular weight excluding hydrogens is 416 g/mol. The van der Waals surface area contributed by atoms with Gasteiger partial charge in [-0.3, -0.25) is 4.79 Å². The van der Waals surface area contributed by atoms with Crippen LogP contribution in [0, 0.1) is 0 Å². The number of rotatable bonds is 10. The van der Waals surface area contributed by atoms with E-state index >= 15 is 0 Å². The van der Waals surface area contributed by atoms with Gasteiger partial charge < -0.3 is 10.2 Å². The third-order valence-corrected chi connectivity index (χ3v) is 6.28. The molecule has 0 spiro atoms. The third-order valence-electron chi connectivity index (χ3n) is 5.15. The maximum atomic E-state index is 13.1. The minimum absolute atomic E-state index is 0.0842. The van der Waals surface area contributed by atoms with Crippen molar-refractivity contribution in [1.82, 2.24) is 20.0 Å². The van der Waals surface area contributed by atoms with E-state index in [1.54, 1.807) is 16.0 Å². The van der Waals surface area contributed by atoms with Gasteiger partial charge in [0.1, 0.15) is 11.4 Å². The predicted molar refractivity (Wildman–Crippen MR) is 126 cm³/mol. The van der Waals surface area contributed by atoms with Crippen LogP contribution in [-0.4, -0.2) is 46.3 Å². The molecule has 1 N–H and O–H groups in total. The Morgan fingerprint density at radius 1 is 1.23 bits per heavy atom. The van der Waals surface area contributed by atoms with Crippen molar-refractivity contribution in [1.29, 1.82) is 0 Å². The molecule has 30 heavy (non-hydrogen) atoms. The van der Waals surface area contributed by atoms with Crippen molar-refractivity contribution in [2.75, 3.05) is 19.6 Å². The summed E-state index contributed by atoms with van der Waals surface area (Å²) < 4.78 is 1.68. The van der Waals surface area contributed by atoms with Gasteiger partial charge in [0, 0.05) is 11.1 Å². The van der Waals surface area contributed by atoms with Gasteiger partial charge in [0.05, 0.1) is 10.6 Å². The number of nitrogens with one attached hydrogen (secondary N) is 1. The first kappa shape index (κ1) is 22.5. The van der Waals surface area contributed by atoms with Gasteiger partial charge in [-0.25, -0.2) is 4.68 Å². The molecule has 5 nitrogen and oxygen atoms in total. The van der Waals surface area contributed by atoms with E-state index in [0.29, 0.717) is 10.7 Å². The normalized spacial score (nSPS) is 12.3. The highest BCUT2D eigenvalue weighted by molar-refractivity contribution is 7.13. The average molecular weight is 445 g/mol. The maximum absolute atomic E-state index is 13.1. The van der Waals surface area contributed by atoms with Gasteiger partial charge in [0.2, 0.25) is 0 Å². The Kier molecular flexibility index (Phi) is 8.08. The van der Waals surface area contributed by atoms with E-state index in [1.165, 1.54) is 0 Å². The van der Waals surface area contributed by atoms with Crippen LogP contribution in [-0.2, 0) is 0 Å². The van der Waals surface area contributed by atoms with Gasteiger partial charge in [-0.15, -0.1) is 11.3 Å². The fourth-order valence-corrected chi connectivity index (χ4v) is 4.29. The fourth-order valence-electron chi connectivity index (χ4n) is 3.42. The molecule has 0 bridgehead atoms. The standard InChI is InChI=1S/C23H29ClN4OS/c1-4-27(5-2)13-7-9-17(3)25-23(29)21-16-20(22-12-8-14-30-22)26-28(21)19-11-6-10-18(24)15-19/h6,8,10-12,14-17H,4-5,7,9,13H2,1-3H3,(H,25,29). The Morgan fingerprint density at radius 3 is 2.70 bits per heavy atom. The largest absolute Gasteiger partial charge is 0.348 e. The zero-order chi connectivity index (χ0) is 21.5. The molecule has 1 amide bonds. The number of thiophene rings is 1. The summed E-state index contributed by atoms with van der Waals surface area (Å²) in [6.07, 6.45) is 1.99. The second-order valence-corrected chi connectivity index (χ2v) is 8.71. The summed E-state index contributed by atoms with van der Waals surface area (Å²) in [7, 11) is 0. The van der Waals surface area contributed by atoms with E-state index in [9.17, 15) is 4.79 Å². The second-order valence-electron chi connectivity index (χ2n) is 7.33. The Bertz CT molecular complexity index is 950. The molecule has 0 aliphatic heterocycles. The molecule has 0 aliphatic rings. The highest BCUT2D eigenvalue weighted by Crippen LogP contribution is 2.26. The van der Waals surface area contributed by atoms with Crippen molar-refractivity contribution in [3.8, 4) is 16.3 Å². The number of hydrogen-bond acceptors (Lipinski definition) is 4. The van der Waals surface area contributed by atoms with E-state index in [4.69, 9.17) is 16.7 Å². The van der Waals surface area contributed by atoms with Gasteiger partial charge in [0.15, 0.2) is 0 Å². The molecule has 3 aromatic rings. The fraction of sp³-hybridized carbons (Fsp3) is 0.391. The molecule has 2 heterocycles. The van der Waals surface area contributed by atoms with E-state index in [-0.39, 0.29) is 11.9 Å². The molecule has 1 aromatic carbocycles. The van der Waals surface area contributed by atoms with Crippen LogP contribution in [0.25, 0.3) is 16.3 Å². The van der Waals surface area contributed by atoms with Crippen LogP contribution in [0.2, 0.25) is 5.02 Å². The molecular formula is C23H29ClN4OS. The Balaban J connectivity index is 1.77. The highest BCUT2D eigenvalue weighted by atomic mass is 35.5. The van der Waals surface area contributed by atoms with Crippen LogP contribution in [0.5, 0.6) is 0 Å². The lowest BCUT2D eigenvalue weighted by Crippen LogP contribution is -2.34. The van der Waals surface area contributed by atoms with Crippen LogP contribution in [0.1, 0.15) is 44.1 Å². The molecule has 160 valence electrons.